The molecular formula is C31H44N4O4. The highest BCUT2D eigenvalue weighted by Gasteiger charge is 2.36. The van der Waals surface area contributed by atoms with Crippen molar-refractivity contribution >= 4 is 17.8 Å². The molecular weight excluding hydrogens is 492 g/mol. The van der Waals surface area contributed by atoms with Crippen LogP contribution in [0.2, 0.25) is 0 Å². The van der Waals surface area contributed by atoms with Gasteiger partial charge in [0.1, 0.15) is 11.6 Å². The first-order chi connectivity index (χ1) is 18.5. The van der Waals surface area contributed by atoms with Crippen molar-refractivity contribution in [1.82, 2.24) is 10.2 Å². The molecule has 8 nitrogen and oxygen atoms in total. The predicted molar refractivity (Wildman–Crippen MR) is 148 cm³/mol. The lowest BCUT2D eigenvalue weighted by Gasteiger charge is -2.37. The number of hydrogen-bond acceptors (Lipinski definition) is 6. The van der Waals surface area contributed by atoms with Gasteiger partial charge in [0.2, 0.25) is 5.91 Å². The van der Waals surface area contributed by atoms with E-state index in [0.29, 0.717) is 30.1 Å². The highest BCUT2D eigenvalue weighted by atomic mass is 16.6. The number of fused-ring (bicyclic) bond motifs is 1. The standard InChI is InChI=1S/C31H44N4O4/c1-31(2,3)39-28(36)15-14-27(29(33)37)35-19-23-17-21(10-13-25(23)30(35)38)16-22-6-4-5-7-26(22)34-24-11-8-20(18-32)9-12-24/h10,13,17,20,22,24,26-27,34H,4-9,11-12,14-16,19H2,1-3H3,(H2,33,37)/t20?,22-,24?,26+,27+/m1/s1. The summed E-state index contributed by atoms with van der Waals surface area (Å²) in [6, 6.07) is 8.58. The number of nitrogens with two attached hydrogens (primary N) is 1. The molecule has 3 N–H and O–H groups in total. The van der Waals surface area contributed by atoms with Gasteiger partial charge in [-0.05, 0) is 95.2 Å². The number of primary amides is 1. The van der Waals surface area contributed by atoms with Gasteiger partial charge < -0.3 is 20.7 Å². The molecule has 1 aromatic carbocycles. The third-order valence-corrected chi connectivity index (χ3v) is 8.51. The summed E-state index contributed by atoms with van der Waals surface area (Å²) in [5, 5.41) is 13.2. The largest absolute Gasteiger partial charge is 0.460 e. The number of carbonyl (C=O) groups is 3. The van der Waals surface area contributed by atoms with Crippen LogP contribution in [-0.2, 0) is 27.3 Å². The van der Waals surface area contributed by atoms with Gasteiger partial charge in [0.05, 0.1) is 6.07 Å². The van der Waals surface area contributed by atoms with Crippen molar-refractivity contribution in [1.29, 1.82) is 5.26 Å². The molecule has 2 fully saturated rings. The molecule has 39 heavy (non-hydrogen) atoms. The van der Waals surface area contributed by atoms with Gasteiger partial charge >= 0.3 is 5.97 Å². The molecule has 8 heteroatoms. The Morgan fingerprint density at radius 1 is 1.15 bits per heavy atom. The Bertz CT molecular complexity index is 1100. The SMILES string of the molecule is CC(C)(C)OC(=O)CC[C@@H](C(N)=O)N1Cc2cc(C[C@H]3CCCC[C@@H]3NC3CCC(C#N)CC3)ccc2C1=O. The van der Waals surface area contributed by atoms with E-state index in [4.69, 9.17) is 10.5 Å². The summed E-state index contributed by atoms with van der Waals surface area (Å²) >= 11 is 0. The molecule has 2 aliphatic carbocycles. The summed E-state index contributed by atoms with van der Waals surface area (Å²) < 4.78 is 5.36. The second-order valence-corrected chi connectivity index (χ2v) is 12.7. The number of nitriles is 1. The predicted octanol–water partition coefficient (Wildman–Crippen LogP) is 4.39. The van der Waals surface area contributed by atoms with Crippen LogP contribution in [0, 0.1) is 23.2 Å². The van der Waals surface area contributed by atoms with E-state index in [1.807, 2.05) is 12.1 Å². The molecule has 0 bridgehead atoms. The molecule has 1 aromatic rings. The van der Waals surface area contributed by atoms with Gasteiger partial charge in [0.15, 0.2) is 0 Å². The number of hydrogen-bond donors (Lipinski definition) is 2. The third kappa shape index (κ3) is 7.60. The average Bonchev–Trinajstić information content (AvgIpc) is 3.20. The fraction of sp³-hybridized carbons (Fsp3) is 0.677. The molecule has 0 spiro atoms. The van der Waals surface area contributed by atoms with Crippen LogP contribution in [0.4, 0.5) is 0 Å². The Hall–Kier alpha value is -2.92. The number of nitrogens with one attached hydrogen (secondary N) is 1. The summed E-state index contributed by atoms with van der Waals surface area (Å²) in [5.41, 5.74) is 7.80. The lowest BCUT2D eigenvalue weighted by Crippen LogP contribution is -2.46. The van der Waals surface area contributed by atoms with E-state index in [1.54, 1.807) is 20.8 Å². The normalized spacial score (nSPS) is 26.0. The topological polar surface area (TPSA) is 126 Å². The number of carbonyl (C=O) groups excluding carboxylic acids is 3. The fourth-order valence-electron chi connectivity index (χ4n) is 6.54. The van der Waals surface area contributed by atoms with E-state index in [9.17, 15) is 19.6 Å². The van der Waals surface area contributed by atoms with Crippen molar-refractivity contribution in [2.24, 2.45) is 17.6 Å². The minimum atomic E-state index is -0.857. The Balaban J connectivity index is 1.38. The van der Waals surface area contributed by atoms with Crippen molar-refractivity contribution in [2.45, 2.75) is 122 Å². The van der Waals surface area contributed by atoms with Gasteiger partial charge in [-0.15, -0.1) is 0 Å². The highest BCUT2D eigenvalue weighted by Crippen LogP contribution is 2.33. The van der Waals surface area contributed by atoms with Crippen LogP contribution in [0.5, 0.6) is 0 Å². The second-order valence-electron chi connectivity index (χ2n) is 12.7. The van der Waals surface area contributed by atoms with E-state index >= 15 is 0 Å². The zero-order valence-electron chi connectivity index (χ0n) is 23.7. The Kier molecular flexibility index (Phi) is 9.32. The number of nitrogens with zero attached hydrogens (tertiary/aromatic N) is 2. The van der Waals surface area contributed by atoms with E-state index in [2.05, 4.69) is 17.5 Å². The van der Waals surface area contributed by atoms with Crippen LogP contribution in [0.1, 0.15) is 106 Å². The maximum absolute atomic E-state index is 13.2. The van der Waals surface area contributed by atoms with Crippen molar-refractivity contribution in [3.05, 3.63) is 34.9 Å². The van der Waals surface area contributed by atoms with Crippen LogP contribution in [-0.4, -0.2) is 46.4 Å². The fourth-order valence-corrected chi connectivity index (χ4v) is 6.54. The summed E-state index contributed by atoms with van der Waals surface area (Å²) in [5.74, 6) is -0.486. The van der Waals surface area contributed by atoms with Gasteiger partial charge in [-0.25, -0.2) is 0 Å². The highest BCUT2D eigenvalue weighted by molar-refractivity contribution is 6.01. The summed E-state index contributed by atoms with van der Waals surface area (Å²) in [6.45, 7) is 5.70. The zero-order valence-corrected chi connectivity index (χ0v) is 23.7. The first-order valence-electron chi connectivity index (χ1n) is 14.6. The van der Waals surface area contributed by atoms with Crippen molar-refractivity contribution in [3.8, 4) is 6.07 Å². The molecule has 1 heterocycles. The lowest BCUT2D eigenvalue weighted by atomic mass is 9.79. The molecule has 1 aliphatic heterocycles. The molecule has 212 valence electrons. The summed E-state index contributed by atoms with van der Waals surface area (Å²) in [7, 11) is 0. The third-order valence-electron chi connectivity index (χ3n) is 8.51. The molecule has 2 saturated carbocycles. The maximum atomic E-state index is 13.2. The molecule has 0 unspecified atom stereocenters. The average molecular weight is 537 g/mol. The quantitative estimate of drug-likeness (QED) is 0.451. The number of ether oxygens (including phenoxy) is 1. The van der Waals surface area contributed by atoms with Gasteiger partial charge in [-0.3, -0.25) is 14.4 Å². The van der Waals surface area contributed by atoms with Crippen molar-refractivity contribution in [2.75, 3.05) is 0 Å². The van der Waals surface area contributed by atoms with Crippen LogP contribution in [0.15, 0.2) is 18.2 Å². The van der Waals surface area contributed by atoms with E-state index in [0.717, 1.165) is 37.7 Å². The van der Waals surface area contributed by atoms with Gasteiger partial charge in [-0.1, -0.05) is 25.0 Å². The first kappa shape index (κ1) is 29.1. The number of benzene rings is 1. The van der Waals surface area contributed by atoms with Gasteiger partial charge in [-0.2, -0.15) is 5.26 Å². The van der Waals surface area contributed by atoms with Gasteiger partial charge in [0, 0.05) is 36.5 Å². The molecule has 0 saturated heterocycles. The number of esters is 1. The minimum Gasteiger partial charge on any atom is -0.460 e. The number of rotatable bonds is 9. The zero-order chi connectivity index (χ0) is 28.2. The van der Waals surface area contributed by atoms with Crippen LogP contribution < -0.4 is 11.1 Å². The van der Waals surface area contributed by atoms with Crippen molar-refractivity contribution in [3.63, 3.8) is 0 Å². The van der Waals surface area contributed by atoms with Crippen LogP contribution in [0.3, 0.4) is 0 Å². The van der Waals surface area contributed by atoms with E-state index < -0.39 is 23.5 Å². The molecule has 3 atom stereocenters. The van der Waals surface area contributed by atoms with E-state index in [-0.39, 0.29) is 24.7 Å². The van der Waals surface area contributed by atoms with Crippen LogP contribution >= 0.6 is 0 Å². The number of amides is 2. The minimum absolute atomic E-state index is 0.0183. The second kappa shape index (κ2) is 12.5. The van der Waals surface area contributed by atoms with Gasteiger partial charge in [0.25, 0.3) is 5.91 Å². The summed E-state index contributed by atoms with van der Waals surface area (Å²) in [6.07, 6.45) is 10.1. The smallest absolute Gasteiger partial charge is 0.306 e. The molecule has 4 rings (SSSR count). The molecule has 0 radical (unpaired) electrons. The maximum Gasteiger partial charge on any atom is 0.306 e. The summed E-state index contributed by atoms with van der Waals surface area (Å²) in [4.78, 5) is 39.2. The monoisotopic (exact) mass is 536 g/mol. The Morgan fingerprint density at radius 3 is 2.54 bits per heavy atom. The van der Waals surface area contributed by atoms with Crippen molar-refractivity contribution < 1.29 is 19.1 Å². The lowest BCUT2D eigenvalue weighted by molar-refractivity contribution is -0.155. The first-order valence-corrected chi connectivity index (χ1v) is 14.6. The Morgan fingerprint density at radius 2 is 1.87 bits per heavy atom. The molecule has 0 aromatic heterocycles. The molecule has 2 amide bonds. The Labute approximate surface area is 232 Å². The molecule has 3 aliphatic rings. The van der Waals surface area contributed by atoms with Crippen LogP contribution in [0.25, 0.3) is 0 Å². The van der Waals surface area contributed by atoms with E-state index in [1.165, 1.54) is 36.1 Å².